The Bertz CT molecular complexity index is 725. The molecule has 7 heteroatoms. The monoisotopic (exact) mass is 307 g/mol. The molecule has 3 rings (SSSR count). The highest BCUT2D eigenvalue weighted by atomic mass is 32.2. The average Bonchev–Trinajstić information content (AvgIpc) is 2.90. The quantitative estimate of drug-likeness (QED) is 0.859. The highest BCUT2D eigenvalue weighted by Gasteiger charge is 2.25. The van der Waals surface area contributed by atoms with Crippen molar-refractivity contribution in [1.29, 1.82) is 0 Å². The molecular formula is C14H17N3O3S. The van der Waals surface area contributed by atoms with Gasteiger partial charge in [0.25, 0.3) is 0 Å². The number of aryl methyl sites for hydroxylation is 1. The fraction of sp³-hybridized carbons (Fsp3) is 0.500. The molecule has 6 nitrogen and oxygen atoms in total. The number of sulfone groups is 1. The van der Waals surface area contributed by atoms with Gasteiger partial charge in [0.2, 0.25) is 11.7 Å². The van der Waals surface area contributed by atoms with Crippen molar-refractivity contribution in [3.63, 3.8) is 0 Å². The van der Waals surface area contributed by atoms with Crippen LogP contribution < -0.4 is 0 Å². The second-order valence-electron chi connectivity index (χ2n) is 5.50. The van der Waals surface area contributed by atoms with Gasteiger partial charge in [-0.15, -0.1) is 0 Å². The molecular weight excluding hydrogens is 290 g/mol. The summed E-state index contributed by atoms with van der Waals surface area (Å²) in [6.07, 6.45) is 3.71. The summed E-state index contributed by atoms with van der Waals surface area (Å²) in [4.78, 5) is 8.53. The molecule has 0 saturated carbocycles. The lowest BCUT2D eigenvalue weighted by Gasteiger charge is -2.19. The van der Waals surface area contributed by atoms with Gasteiger partial charge in [0, 0.05) is 23.9 Å². The third-order valence-corrected chi connectivity index (χ3v) is 5.48. The van der Waals surface area contributed by atoms with Crippen molar-refractivity contribution < 1.29 is 12.9 Å². The Morgan fingerprint density at radius 2 is 2.10 bits per heavy atom. The van der Waals surface area contributed by atoms with Gasteiger partial charge in [-0.1, -0.05) is 5.16 Å². The van der Waals surface area contributed by atoms with E-state index in [-0.39, 0.29) is 11.5 Å². The van der Waals surface area contributed by atoms with Gasteiger partial charge in [-0.3, -0.25) is 4.98 Å². The van der Waals surface area contributed by atoms with Crippen molar-refractivity contribution in [3.8, 4) is 11.4 Å². The molecule has 0 atom stereocenters. The van der Waals surface area contributed by atoms with Crippen molar-refractivity contribution in [3.05, 3.63) is 29.9 Å². The van der Waals surface area contributed by atoms with Crippen LogP contribution in [0.25, 0.3) is 11.4 Å². The first-order valence-electron chi connectivity index (χ1n) is 6.98. The zero-order chi connectivity index (χ0) is 14.9. The van der Waals surface area contributed by atoms with Crippen LogP contribution >= 0.6 is 0 Å². The molecule has 0 amide bonds. The molecule has 2 aromatic rings. The number of aromatic nitrogens is 3. The van der Waals surface area contributed by atoms with Crippen molar-refractivity contribution in [1.82, 2.24) is 15.1 Å². The van der Waals surface area contributed by atoms with Crippen molar-refractivity contribution in [2.45, 2.75) is 26.2 Å². The number of nitrogens with zero attached hydrogens (tertiary/aromatic N) is 3. The molecule has 112 valence electrons. The molecule has 0 bridgehead atoms. The van der Waals surface area contributed by atoms with E-state index in [1.165, 1.54) is 0 Å². The van der Waals surface area contributed by atoms with Crippen LogP contribution in [0.1, 0.15) is 24.4 Å². The molecule has 0 aliphatic carbocycles. The standard InChI is InChI=1S/C14H17N3O3S/c1-10-8-12(2-5-15-10)14-16-13(20-17-14)9-11-3-6-21(18,19)7-4-11/h2,5,8,11H,3-4,6-7,9H2,1H3. The second kappa shape index (κ2) is 5.55. The summed E-state index contributed by atoms with van der Waals surface area (Å²) >= 11 is 0. The Morgan fingerprint density at radius 3 is 2.81 bits per heavy atom. The van der Waals surface area contributed by atoms with Crippen LogP contribution in [0.3, 0.4) is 0 Å². The van der Waals surface area contributed by atoms with Crippen LogP contribution in [0.5, 0.6) is 0 Å². The number of rotatable bonds is 3. The second-order valence-corrected chi connectivity index (χ2v) is 7.80. The smallest absolute Gasteiger partial charge is 0.227 e. The maximum atomic E-state index is 11.4. The highest BCUT2D eigenvalue weighted by molar-refractivity contribution is 7.91. The first kappa shape index (κ1) is 14.2. The summed E-state index contributed by atoms with van der Waals surface area (Å²) in [6, 6.07) is 3.75. The van der Waals surface area contributed by atoms with Crippen LogP contribution in [0, 0.1) is 12.8 Å². The largest absolute Gasteiger partial charge is 0.339 e. The molecule has 21 heavy (non-hydrogen) atoms. The molecule has 3 heterocycles. The molecule has 2 aromatic heterocycles. The van der Waals surface area contributed by atoms with Gasteiger partial charge < -0.3 is 4.52 Å². The molecule has 0 N–H and O–H groups in total. The van der Waals surface area contributed by atoms with Gasteiger partial charge in [-0.05, 0) is 37.8 Å². The Hall–Kier alpha value is -1.76. The van der Waals surface area contributed by atoms with E-state index in [9.17, 15) is 8.42 Å². The minimum absolute atomic E-state index is 0.266. The molecule has 1 fully saturated rings. The summed E-state index contributed by atoms with van der Waals surface area (Å²) in [6.45, 7) is 1.91. The number of hydrogen-bond donors (Lipinski definition) is 0. The van der Waals surface area contributed by atoms with E-state index >= 15 is 0 Å². The molecule has 1 saturated heterocycles. The molecule has 0 radical (unpaired) electrons. The van der Waals surface area contributed by atoms with E-state index in [0.717, 1.165) is 11.3 Å². The van der Waals surface area contributed by atoms with E-state index in [2.05, 4.69) is 15.1 Å². The summed E-state index contributed by atoms with van der Waals surface area (Å²) < 4.78 is 28.1. The Balaban J connectivity index is 1.68. The van der Waals surface area contributed by atoms with Gasteiger partial charge >= 0.3 is 0 Å². The summed E-state index contributed by atoms with van der Waals surface area (Å²) in [5.41, 5.74) is 1.78. The lowest BCUT2D eigenvalue weighted by molar-refractivity contribution is 0.342. The summed E-state index contributed by atoms with van der Waals surface area (Å²) in [7, 11) is -2.82. The van der Waals surface area contributed by atoms with Crippen molar-refractivity contribution >= 4 is 9.84 Å². The fourth-order valence-electron chi connectivity index (χ4n) is 2.53. The zero-order valence-electron chi connectivity index (χ0n) is 11.8. The van der Waals surface area contributed by atoms with Crippen LogP contribution in [-0.2, 0) is 16.3 Å². The van der Waals surface area contributed by atoms with Gasteiger partial charge in [0.1, 0.15) is 9.84 Å². The van der Waals surface area contributed by atoms with Gasteiger partial charge in [-0.25, -0.2) is 8.42 Å². The Morgan fingerprint density at radius 1 is 1.33 bits per heavy atom. The minimum atomic E-state index is -2.82. The predicted octanol–water partition coefficient (Wildman–Crippen LogP) is 1.81. The summed E-state index contributed by atoms with van der Waals surface area (Å²) in [5, 5.41) is 3.99. The third-order valence-electron chi connectivity index (χ3n) is 3.76. The molecule has 0 unspecified atom stereocenters. The number of pyridine rings is 1. The van der Waals surface area contributed by atoms with Crippen LogP contribution in [0.2, 0.25) is 0 Å². The molecule has 1 aliphatic heterocycles. The lowest BCUT2D eigenvalue weighted by Crippen LogP contribution is -2.24. The van der Waals surface area contributed by atoms with Gasteiger partial charge in [0.15, 0.2) is 0 Å². The normalized spacial score (nSPS) is 18.7. The third kappa shape index (κ3) is 3.47. The highest BCUT2D eigenvalue weighted by Crippen LogP contribution is 2.23. The van der Waals surface area contributed by atoms with Crippen molar-refractivity contribution in [2.75, 3.05) is 11.5 Å². The topological polar surface area (TPSA) is 86.0 Å². The SMILES string of the molecule is Cc1cc(-c2noc(CC3CCS(=O)(=O)CC3)n2)ccn1. The maximum absolute atomic E-state index is 11.4. The first-order valence-corrected chi connectivity index (χ1v) is 8.80. The van der Waals surface area contributed by atoms with Gasteiger partial charge in [0.05, 0.1) is 11.5 Å². The van der Waals surface area contributed by atoms with Crippen LogP contribution in [0.15, 0.2) is 22.9 Å². The Labute approximate surface area is 123 Å². The lowest BCUT2D eigenvalue weighted by atomic mass is 9.99. The van der Waals surface area contributed by atoms with Crippen molar-refractivity contribution in [2.24, 2.45) is 5.92 Å². The fourth-order valence-corrected chi connectivity index (χ4v) is 4.12. The first-order chi connectivity index (χ1) is 10.0. The predicted molar refractivity (Wildman–Crippen MR) is 77.3 cm³/mol. The van der Waals surface area contributed by atoms with E-state index < -0.39 is 9.84 Å². The Kier molecular flexibility index (Phi) is 3.75. The van der Waals surface area contributed by atoms with E-state index in [0.29, 0.717) is 36.9 Å². The maximum Gasteiger partial charge on any atom is 0.227 e. The van der Waals surface area contributed by atoms with E-state index in [1.54, 1.807) is 6.20 Å². The van der Waals surface area contributed by atoms with E-state index in [4.69, 9.17) is 4.52 Å². The van der Waals surface area contributed by atoms with E-state index in [1.807, 2.05) is 19.1 Å². The molecule has 1 aliphatic rings. The molecule has 0 aromatic carbocycles. The minimum Gasteiger partial charge on any atom is -0.339 e. The number of hydrogen-bond acceptors (Lipinski definition) is 6. The van der Waals surface area contributed by atoms with Gasteiger partial charge in [-0.2, -0.15) is 4.98 Å². The average molecular weight is 307 g/mol. The summed E-state index contributed by atoms with van der Waals surface area (Å²) in [5.74, 6) is 1.97. The van der Waals surface area contributed by atoms with Crippen LogP contribution in [0.4, 0.5) is 0 Å². The zero-order valence-corrected chi connectivity index (χ0v) is 12.6. The molecule has 0 spiro atoms. The van der Waals surface area contributed by atoms with Crippen LogP contribution in [-0.4, -0.2) is 35.0 Å².